The summed E-state index contributed by atoms with van der Waals surface area (Å²) in [4.78, 5) is 6.33. The number of nitrogens with zero attached hydrogens (tertiary/aromatic N) is 6. The Balaban J connectivity index is 1.36. The SMILES string of the molecule is Cc1ccccc1N1CCN(Cn2nnc(-c3ccc(F)cc3)n2)CC1. The third-order valence-corrected chi connectivity index (χ3v) is 4.71. The highest BCUT2D eigenvalue weighted by Crippen LogP contribution is 2.21. The molecule has 1 aliphatic heterocycles. The van der Waals surface area contributed by atoms with Gasteiger partial charge in [0.2, 0.25) is 5.82 Å². The Morgan fingerprint density at radius 2 is 1.69 bits per heavy atom. The monoisotopic (exact) mass is 352 g/mol. The van der Waals surface area contributed by atoms with E-state index in [0.717, 1.165) is 31.7 Å². The molecule has 0 amide bonds. The van der Waals surface area contributed by atoms with Crippen LogP contribution in [0.2, 0.25) is 0 Å². The highest BCUT2D eigenvalue weighted by atomic mass is 19.1. The molecule has 6 nitrogen and oxygen atoms in total. The normalized spacial score (nSPS) is 15.4. The standard InChI is InChI=1S/C19H21FN6/c1-15-4-2-3-5-18(15)25-12-10-24(11-13-25)14-26-22-19(21-23-26)16-6-8-17(20)9-7-16/h2-9H,10-14H2,1H3. The van der Waals surface area contributed by atoms with E-state index in [-0.39, 0.29) is 5.82 Å². The second-order valence-electron chi connectivity index (χ2n) is 6.53. The molecule has 4 rings (SSSR count). The van der Waals surface area contributed by atoms with Gasteiger partial charge in [-0.2, -0.15) is 0 Å². The van der Waals surface area contributed by atoms with Crippen molar-refractivity contribution in [2.75, 3.05) is 31.1 Å². The van der Waals surface area contributed by atoms with E-state index in [4.69, 9.17) is 0 Å². The van der Waals surface area contributed by atoms with Gasteiger partial charge in [0.1, 0.15) is 12.5 Å². The molecule has 0 N–H and O–H groups in total. The Kier molecular flexibility index (Phi) is 4.62. The largest absolute Gasteiger partial charge is 0.369 e. The van der Waals surface area contributed by atoms with Crippen molar-refractivity contribution in [3.63, 3.8) is 0 Å². The fraction of sp³-hybridized carbons (Fsp3) is 0.316. The molecule has 1 fully saturated rings. The van der Waals surface area contributed by atoms with Crippen LogP contribution < -0.4 is 4.90 Å². The molecule has 0 bridgehead atoms. The molecule has 1 aromatic heterocycles. The number of para-hydroxylation sites is 1. The maximum atomic E-state index is 13.0. The Hall–Kier alpha value is -2.80. The number of aromatic nitrogens is 4. The van der Waals surface area contributed by atoms with Gasteiger partial charge in [-0.05, 0) is 48.0 Å². The second kappa shape index (κ2) is 7.21. The minimum atomic E-state index is -0.271. The molecule has 2 aromatic carbocycles. The van der Waals surface area contributed by atoms with Crippen LogP contribution in [0, 0.1) is 12.7 Å². The van der Waals surface area contributed by atoms with E-state index in [1.54, 1.807) is 16.9 Å². The third kappa shape index (κ3) is 3.57. The van der Waals surface area contributed by atoms with Crippen molar-refractivity contribution in [3.05, 3.63) is 59.9 Å². The summed E-state index contributed by atoms with van der Waals surface area (Å²) in [6.07, 6.45) is 0. The molecule has 0 saturated carbocycles. The Morgan fingerprint density at radius 1 is 0.962 bits per heavy atom. The fourth-order valence-corrected chi connectivity index (χ4v) is 3.24. The van der Waals surface area contributed by atoms with Crippen LogP contribution in [0.3, 0.4) is 0 Å². The summed E-state index contributed by atoms with van der Waals surface area (Å²) in [6.45, 7) is 6.60. The maximum absolute atomic E-state index is 13.0. The van der Waals surface area contributed by atoms with Crippen LogP contribution in [0.4, 0.5) is 10.1 Å². The van der Waals surface area contributed by atoms with Crippen molar-refractivity contribution in [2.45, 2.75) is 13.6 Å². The quantitative estimate of drug-likeness (QED) is 0.722. The first-order valence-electron chi connectivity index (χ1n) is 8.76. The van der Waals surface area contributed by atoms with Gasteiger partial charge in [-0.15, -0.1) is 15.0 Å². The third-order valence-electron chi connectivity index (χ3n) is 4.71. The number of piperazine rings is 1. The van der Waals surface area contributed by atoms with E-state index >= 15 is 0 Å². The lowest BCUT2D eigenvalue weighted by Crippen LogP contribution is -2.47. The first-order valence-corrected chi connectivity index (χ1v) is 8.76. The number of aryl methyl sites for hydroxylation is 1. The van der Waals surface area contributed by atoms with Crippen molar-refractivity contribution < 1.29 is 4.39 Å². The number of benzene rings is 2. The molecular formula is C19H21FN6. The molecule has 3 aromatic rings. The van der Waals surface area contributed by atoms with Gasteiger partial charge in [-0.25, -0.2) is 4.39 Å². The van der Waals surface area contributed by atoms with Crippen LogP contribution >= 0.6 is 0 Å². The molecule has 2 heterocycles. The van der Waals surface area contributed by atoms with Gasteiger partial charge in [-0.3, -0.25) is 4.90 Å². The van der Waals surface area contributed by atoms with E-state index in [9.17, 15) is 4.39 Å². The van der Waals surface area contributed by atoms with Crippen molar-refractivity contribution in [1.82, 2.24) is 25.1 Å². The summed E-state index contributed by atoms with van der Waals surface area (Å²) in [5.74, 6) is 0.246. The molecule has 1 saturated heterocycles. The molecular weight excluding hydrogens is 331 g/mol. The molecule has 1 aliphatic rings. The number of anilines is 1. The summed E-state index contributed by atoms with van der Waals surface area (Å²) >= 11 is 0. The molecule has 0 atom stereocenters. The van der Waals surface area contributed by atoms with Crippen molar-refractivity contribution >= 4 is 5.69 Å². The predicted molar refractivity (Wildman–Crippen MR) is 98.2 cm³/mol. The summed E-state index contributed by atoms with van der Waals surface area (Å²) < 4.78 is 13.0. The van der Waals surface area contributed by atoms with Crippen molar-refractivity contribution in [1.29, 1.82) is 0 Å². The topological polar surface area (TPSA) is 50.1 Å². The fourth-order valence-electron chi connectivity index (χ4n) is 3.24. The van der Waals surface area contributed by atoms with Gasteiger partial charge in [0.25, 0.3) is 0 Å². The zero-order valence-corrected chi connectivity index (χ0v) is 14.7. The van der Waals surface area contributed by atoms with Crippen LogP contribution in [-0.4, -0.2) is 51.3 Å². The number of hydrogen-bond acceptors (Lipinski definition) is 5. The first kappa shape index (κ1) is 16.7. The van der Waals surface area contributed by atoms with Crippen LogP contribution in [0.5, 0.6) is 0 Å². The Labute approximate surface area is 151 Å². The van der Waals surface area contributed by atoms with Gasteiger partial charge < -0.3 is 4.90 Å². The summed E-state index contributed by atoms with van der Waals surface area (Å²) in [6, 6.07) is 14.6. The zero-order valence-electron chi connectivity index (χ0n) is 14.7. The molecule has 7 heteroatoms. The maximum Gasteiger partial charge on any atom is 0.204 e. The number of halogens is 1. The van der Waals surface area contributed by atoms with E-state index < -0.39 is 0 Å². The van der Waals surface area contributed by atoms with E-state index in [1.165, 1.54) is 23.4 Å². The lowest BCUT2D eigenvalue weighted by atomic mass is 10.1. The lowest BCUT2D eigenvalue weighted by molar-refractivity contribution is 0.182. The van der Waals surface area contributed by atoms with Crippen LogP contribution in [0.1, 0.15) is 5.56 Å². The lowest BCUT2D eigenvalue weighted by Gasteiger charge is -2.36. The molecule has 0 unspecified atom stereocenters. The Bertz CT molecular complexity index is 868. The van der Waals surface area contributed by atoms with E-state index in [1.807, 2.05) is 0 Å². The number of rotatable bonds is 4. The van der Waals surface area contributed by atoms with Crippen molar-refractivity contribution in [2.24, 2.45) is 0 Å². The Morgan fingerprint density at radius 3 is 2.42 bits per heavy atom. The minimum absolute atomic E-state index is 0.271. The minimum Gasteiger partial charge on any atom is -0.369 e. The number of hydrogen-bond donors (Lipinski definition) is 0. The summed E-state index contributed by atoms with van der Waals surface area (Å²) in [5.41, 5.74) is 3.38. The van der Waals surface area contributed by atoms with Gasteiger partial charge >= 0.3 is 0 Å². The second-order valence-corrected chi connectivity index (χ2v) is 6.53. The predicted octanol–water partition coefficient (Wildman–Crippen LogP) is 2.57. The molecule has 0 aliphatic carbocycles. The summed E-state index contributed by atoms with van der Waals surface area (Å²) in [7, 11) is 0. The van der Waals surface area contributed by atoms with Crippen LogP contribution in [0.25, 0.3) is 11.4 Å². The van der Waals surface area contributed by atoms with Crippen LogP contribution in [0.15, 0.2) is 48.5 Å². The van der Waals surface area contributed by atoms with Crippen LogP contribution in [-0.2, 0) is 6.67 Å². The van der Waals surface area contributed by atoms with Gasteiger partial charge in [-0.1, -0.05) is 18.2 Å². The van der Waals surface area contributed by atoms with Gasteiger partial charge in [0.05, 0.1) is 0 Å². The average Bonchev–Trinajstić information content (AvgIpc) is 3.12. The molecule has 134 valence electrons. The number of tetrazole rings is 1. The molecule has 0 radical (unpaired) electrons. The summed E-state index contributed by atoms with van der Waals surface area (Å²) in [5, 5.41) is 12.6. The molecule has 26 heavy (non-hydrogen) atoms. The molecule has 0 spiro atoms. The van der Waals surface area contributed by atoms with E-state index in [2.05, 4.69) is 56.4 Å². The average molecular weight is 352 g/mol. The smallest absolute Gasteiger partial charge is 0.204 e. The highest BCUT2D eigenvalue weighted by Gasteiger charge is 2.19. The zero-order chi connectivity index (χ0) is 17.9. The van der Waals surface area contributed by atoms with Gasteiger partial charge in [0, 0.05) is 37.4 Å². The first-order chi connectivity index (χ1) is 12.7. The van der Waals surface area contributed by atoms with Crippen molar-refractivity contribution in [3.8, 4) is 11.4 Å². The highest BCUT2D eigenvalue weighted by molar-refractivity contribution is 5.54. The van der Waals surface area contributed by atoms with E-state index in [0.29, 0.717) is 12.5 Å². The van der Waals surface area contributed by atoms with Gasteiger partial charge in [0.15, 0.2) is 0 Å².